The van der Waals surface area contributed by atoms with Crippen molar-refractivity contribution in [2.45, 2.75) is 26.8 Å². The summed E-state index contributed by atoms with van der Waals surface area (Å²) in [6.07, 6.45) is 0.415. The molecular weight excluding hydrogens is 242 g/mol. The van der Waals surface area contributed by atoms with Crippen LogP contribution in [-0.4, -0.2) is 38.2 Å². The van der Waals surface area contributed by atoms with Crippen molar-refractivity contribution >= 4 is 5.97 Å². The minimum atomic E-state index is -0.172. The van der Waals surface area contributed by atoms with Crippen molar-refractivity contribution in [1.82, 2.24) is 4.90 Å². The van der Waals surface area contributed by atoms with Gasteiger partial charge in [-0.3, -0.25) is 9.69 Å². The predicted octanol–water partition coefficient (Wildman–Crippen LogP) is 2.39. The van der Waals surface area contributed by atoms with Crippen LogP contribution in [0.25, 0.3) is 0 Å². The van der Waals surface area contributed by atoms with Gasteiger partial charge >= 0.3 is 5.97 Å². The van der Waals surface area contributed by atoms with Crippen LogP contribution >= 0.6 is 0 Å². The van der Waals surface area contributed by atoms with E-state index in [1.807, 2.05) is 12.1 Å². The number of hydrogen-bond acceptors (Lipinski definition) is 4. The van der Waals surface area contributed by atoms with Gasteiger partial charge in [0.15, 0.2) is 0 Å². The second kappa shape index (κ2) is 7.79. The fraction of sp³-hybridized carbons (Fsp3) is 0.533. The van der Waals surface area contributed by atoms with Crippen LogP contribution < -0.4 is 4.74 Å². The Morgan fingerprint density at radius 1 is 1.32 bits per heavy atom. The average molecular weight is 265 g/mol. The maximum Gasteiger partial charge on any atom is 0.306 e. The van der Waals surface area contributed by atoms with Crippen LogP contribution in [0.15, 0.2) is 18.2 Å². The molecule has 4 nitrogen and oxygen atoms in total. The lowest BCUT2D eigenvalue weighted by Crippen LogP contribution is -2.26. The predicted molar refractivity (Wildman–Crippen MR) is 75.3 cm³/mol. The Hall–Kier alpha value is -1.55. The summed E-state index contributed by atoms with van der Waals surface area (Å²) in [7, 11) is 3.10. The summed E-state index contributed by atoms with van der Waals surface area (Å²) >= 11 is 0. The van der Waals surface area contributed by atoms with E-state index in [-0.39, 0.29) is 5.97 Å². The highest BCUT2D eigenvalue weighted by Crippen LogP contribution is 2.21. The molecule has 1 aromatic carbocycles. The molecule has 0 spiro atoms. The number of benzene rings is 1. The second-order valence-electron chi connectivity index (χ2n) is 4.51. The molecule has 4 heteroatoms. The van der Waals surface area contributed by atoms with E-state index in [1.54, 1.807) is 7.11 Å². The van der Waals surface area contributed by atoms with Crippen LogP contribution in [-0.2, 0) is 16.1 Å². The smallest absolute Gasteiger partial charge is 0.306 e. The highest BCUT2D eigenvalue weighted by Gasteiger charge is 2.10. The topological polar surface area (TPSA) is 38.8 Å². The molecule has 0 aliphatic heterocycles. The molecule has 19 heavy (non-hydrogen) atoms. The number of methoxy groups -OCH3 is 2. The van der Waals surface area contributed by atoms with Gasteiger partial charge in [0.25, 0.3) is 0 Å². The van der Waals surface area contributed by atoms with E-state index >= 15 is 0 Å². The fourth-order valence-electron chi connectivity index (χ4n) is 1.97. The molecule has 1 rings (SSSR count). The van der Waals surface area contributed by atoms with Crippen molar-refractivity contribution in [1.29, 1.82) is 0 Å². The second-order valence-corrected chi connectivity index (χ2v) is 4.51. The SMILES string of the molecule is CCN(CCC(=O)OC)Cc1cc(C)ccc1OC. The highest BCUT2D eigenvalue weighted by atomic mass is 16.5. The molecule has 0 heterocycles. The van der Waals surface area contributed by atoms with E-state index in [0.717, 1.165) is 24.4 Å². The van der Waals surface area contributed by atoms with E-state index in [2.05, 4.69) is 29.6 Å². The minimum Gasteiger partial charge on any atom is -0.496 e. The molecule has 0 aliphatic carbocycles. The number of hydrogen-bond donors (Lipinski definition) is 0. The van der Waals surface area contributed by atoms with Crippen LogP contribution in [0.2, 0.25) is 0 Å². The summed E-state index contributed by atoms with van der Waals surface area (Å²) in [5, 5.41) is 0. The van der Waals surface area contributed by atoms with Gasteiger partial charge in [0.1, 0.15) is 5.75 Å². The molecule has 106 valence electrons. The van der Waals surface area contributed by atoms with Crippen molar-refractivity contribution in [3.8, 4) is 5.75 Å². The Labute approximate surface area is 115 Å². The number of aryl methyl sites for hydroxylation is 1. The molecule has 0 aliphatic rings. The van der Waals surface area contributed by atoms with Crippen molar-refractivity contribution in [2.24, 2.45) is 0 Å². The maximum absolute atomic E-state index is 11.2. The molecule has 0 radical (unpaired) electrons. The number of esters is 1. The van der Waals surface area contributed by atoms with Crippen LogP contribution in [0.1, 0.15) is 24.5 Å². The molecule has 0 amide bonds. The molecule has 0 saturated carbocycles. The number of rotatable bonds is 7. The lowest BCUT2D eigenvalue weighted by atomic mass is 10.1. The Morgan fingerprint density at radius 3 is 2.63 bits per heavy atom. The van der Waals surface area contributed by atoms with Gasteiger partial charge in [-0.1, -0.05) is 24.6 Å². The molecule has 0 aromatic heterocycles. The van der Waals surface area contributed by atoms with E-state index < -0.39 is 0 Å². The third-order valence-electron chi connectivity index (χ3n) is 3.14. The van der Waals surface area contributed by atoms with Gasteiger partial charge in [0.05, 0.1) is 20.6 Å². The lowest BCUT2D eigenvalue weighted by Gasteiger charge is -2.21. The first-order valence-corrected chi connectivity index (χ1v) is 6.53. The quantitative estimate of drug-likeness (QED) is 0.710. The first-order valence-electron chi connectivity index (χ1n) is 6.53. The molecule has 1 aromatic rings. The molecule has 0 bridgehead atoms. The Kier molecular flexibility index (Phi) is 6.36. The summed E-state index contributed by atoms with van der Waals surface area (Å²) in [5.41, 5.74) is 2.36. The summed E-state index contributed by atoms with van der Waals surface area (Å²) in [4.78, 5) is 13.4. The van der Waals surface area contributed by atoms with Gasteiger partial charge in [-0.05, 0) is 19.5 Å². The van der Waals surface area contributed by atoms with E-state index in [9.17, 15) is 4.79 Å². The molecule has 0 fully saturated rings. The average Bonchev–Trinajstić information content (AvgIpc) is 2.43. The van der Waals surface area contributed by atoms with E-state index in [0.29, 0.717) is 13.0 Å². The Bertz CT molecular complexity index is 418. The third kappa shape index (κ3) is 4.91. The molecule has 0 N–H and O–H groups in total. The minimum absolute atomic E-state index is 0.172. The highest BCUT2D eigenvalue weighted by molar-refractivity contribution is 5.69. The van der Waals surface area contributed by atoms with E-state index in [1.165, 1.54) is 12.7 Å². The number of ether oxygens (including phenoxy) is 2. The fourth-order valence-corrected chi connectivity index (χ4v) is 1.97. The molecule has 0 saturated heterocycles. The van der Waals surface area contributed by atoms with Gasteiger partial charge in [-0.15, -0.1) is 0 Å². The zero-order valence-electron chi connectivity index (χ0n) is 12.2. The lowest BCUT2D eigenvalue weighted by molar-refractivity contribution is -0.141. The number of carbonyl (C=O) groups excluding carboxylic acids is 1. The first kappa shape index (κ1) is 15.5. The van der Waals surface area contributed by atoms with Gasteiger partial charge < -0.3 is 9.47 Å². The largest absolute Gasteiger partial charge is 0.496 e. The number of nitrogens with zero attached hydrogens (tertiary/aromatic N) is 1. The maximum atomic E-state index is 11.2. The Morgan fingerprint density at radius 2 is 2.05 bits per heavy atom. The van der Waals surface area contributed by atoms with Gasteiger partial charge in [0.2, 0.25) is 0 Å². The van der Waals surface area contributed by atoms with Crippen LogP contribution in [0, 0.1) is 6.92 Å². The van der Waals surface area contributed by atoms with Crippen LogP contribution in [0.3, 0.4) is 0 Å². The van der Waals surface area contributed by atoms with Gasteiger partial charge in [-0.25, -0.2) is 0 Å². The van der Waals surface area contributed by atoms with Gasteiger partial charge in [-0.2, -0.15) is 0 Å². The van der Waals surface area contributed by atoms with Crippen molar-refractivity contribution < 1.29 is 14.3 Å². The van der Waals surface area contributed by atoms with Crippen molar-refractivity contribution in [3.05, 3.63) is 29.3 Å². The van der Waals surface area contributed by atoms with Crippen LogP contribution in [0.4, 0.5) is 0 Å². The summed E-state index contributed by atoms with van der Waals surface area (Å²) in [6, 6.07) is 6.14. The van der Waals surface area contributed by atoms with Crippen molar-refractivity contribution in [2.75, 3.05) is 27.3 Å². The molecular formula is C15H23NO3. The standard InChI is InChI=1S/C15H23NO3/c1-5-16(9-8-15(17)19-4)11-13-10-12(2)6-7-14(13)18-3/h6-7,10H,5,8-9,11H2,1-4H3. The first-order chi connectivity index (χ1) is 9.10. The Balaban J connectivity index is 2.69. The third-order valence-corrected chi connectivity index (χ3v) is 3.14. The number of carbonyl (C=O) groups is 1. The molecule has 0 atom stereocenters. The van der Waals surface area contributed by atoms with E-state index in [4.69, 9.17) is 4.74 Å². The molecule has 0 unspecified atom stereocenters. The normalized spacial score (nSPS) is 10.6. The zero-order valence-corrected chi connectivity index (χ0v) is 12.2. The summed E-state index contributed by atoms with van der Waals surface area (Å²) < 4.78 is 10.0. The zero-order chi connectivity index (χ0) is 14.3. The van der Waals surface area contributed by atoms with Crippen molar-refractivity contribution in [3.63, 3.8) is 0 Å². The monoisotopic (exact) mass is 265 g/mol. The summed E-state index contributed by atoms with van der Waals surface area (Å²) in [6.45, 7) is 6.50. The van der Waals surface area contributed by atoms with Crippen LogP contribution in [0.5, 0.6) is 5.75 Å². The van der Waals surface area contributed by atoms with Gasteiger partial charge in [0, 0.05) is 18.7 Å². The summed E-state index contributed by atoms with van der Waals surface area (Å²) in [5.74, 6) is 0.719.